The number of likely N-dealkylation sites (N-methyl/N-ethyl adjacent to an activating group) is 1. The van der Waals surface area contributed by atoms with Crippen molar-refractivity contribution in [3.63, 3.8) is 0 Å². The summed E-state index contributed by atoms with van der Waals surface area (Å²) in [7, 11) is 4.36. The Bertz CT molecular complexity index is 460. The van der Waals surface area contributed by atoms with Crippen LogP contribution in [-0.4, -0.2) is 46.3 Å². The molecule has 1 saturated carbocycles. The van der Waals surface area contributed by atoms with Gasteiger partial charge in [-0.15, -0.1) is 5.10 Å². The number of rotatable bonds is 4. The molecule has 112 valence electrons. The predicted octanol–water partition coefficient (Wildman–Crippen LogP) is 2.41. The normalized spacial score (nSPS) is 26.8. The molecule has 2 rings (SSSR count). The average Bonchev–Trinajstić information content (AvgIpc) is 2.40. The lowest BCUT2D eigenvalue weighted by Gasteiger charge is -2.45. The minimum Gasteiger partial charge on any atom is -0.351 e. The van der Waals surface area contributed by atoms with Gasteiger partial charge in [-0.05, 0) is 46.7 Å². The van der Waals surface area contributed by atoms with Crippen molar-refractivity contribution in [1.82, 2.24) is 20.1 Å². The number of nitrogens with zero attached hydrogens (tertiary/aromatic N) is 4. The Morgan fingerprint density at radius 1 is 1.25 bits per heavy atom. The molecule has 0 bridgehead atoms. The van der Waals surface area contributed by atoms with Crippen LogP contribution in [0.4, 0.5) is 5.95 Å². The maximum Gasteiger partial charge on any atom is 0.243 e. The first kappa shape index (κ1) is 15.2. The van der Waals surface area contributed by atoms with Crippen LogP contribution >= 0.6 is 0 Å². The monoisotopic (exact) mass is 277 g/mol. The lowest BCUT2D eigenvalue weighted by Crippen LogP contribution is -2.52. The van der Waals surface area contributed by atoms with E-state index >= 15 is 0 Å². The van der Waals surface area contributed by atoms with Crippen LogP contribution in [0.2, 0.25) is 0 Å². The number of anilines is 1. The zero-order valence-corrected chi connectivity index (χ0v) is 13.4. The molecule has 0 amide bonds. The van der Waals surface area contributed by atoms with E-state index < -0.39 is 0 Å². The molecule has 20 heavy (non-hydrogen) atoms. The van der Waals surface area contributed by atoms with Gasteiger partial charge in [0.1, 0.15) is 0 Å². The third-order valence-electron chi connectivity index (χ3n) is 4.68. The first-order chi connectivity index (χ1) is 9.43. The summed E-state index contributed by atoms with van der Waals surface area (Å²) in [6.45, 7) is 7.14. The van der Waals surface area contributed by atoms with Crippen LogP contribution in [0.15, 0.2) is 0 Å². The van der Waals surface area contributed by atoms with Crippen molar-refractivity contribution in [1.29, 1.82) is 0 Å². The van der Waals surface area contributed by atoms with E-state index in [0.29, 0.717) is 5.95 Å². The van der Waals surface area contributed by atoms with Gasteiger partial charge in [-0.2, -0.15) is 5.10 Å². The largest absolute Gasteiger partial charge is 0.351 e. The number of hydrogen-bond donors (Lipinski definition) is 1. The highest BCUT2D eigenvalue weighted by molar-refractivity contribution is 5.26. The van der Waals surface area contributed by atoms with Gasteiger partial charge in [-0.25, -0.2) is 4.98 Å². The SMILES string of the molecule is Cc1nnc(NCC2(N(C)C)CCCC(C)C2)nc1C. The third-order valence-corrected chi connectivity index (χ3v) is 4.68. The van der Waals surface area contributed by atoms with E-state index in [2.05, 4.69) is 46.4 Å². The Kier molecular flexibility index (Phi) is 4.58. The second-order valence-electron chi connectivity index (χ2n) is 6.48. The zero-order valence-electron chi connectivity index (χ0n) is 13.4. The zero-order chi connectivity index (χ0) is 14.8. The Labute approximate surface area is 122 Å². The molecule has 5 heteroatoms. The van der Waals surface area contributed by atoms with Crippen LogP contribution in [0.5, 0.6) is 0 Å². The van der Waals surface area contributed by atoms with Crippen molar-refractivity contribution >= 4 is 5.95 Å². The second kappa shape index (κ2) is 6.04. The van der Waals surface area contributed by atoms with Gasteiger partial charge in [0.2, 0.25) is 5.95 Å². The molecule has 1 N–H and O–H groups in total. The molecule has 2 unspecified atom stereocenters. The van der Waals surface area contributed by atoms with Gasteiger partial charge in [0.25, 0.3) is 0 Å². The molecule has 1 aromatic heterocycles. The van der Waals surface area contributed by atoms with Crippen LogP contribution in [0, 0.1) is 19.8 Å². The van der Waals surface area contributed by atoms with E-state index in [-0.39, 0.29) is 5.54 Å². The third kappa shape index (κ3) is 3.26. The first-order valence-electron chi connectivity index (χ1n) is 7.52. The molecule has 1 aliphatic rings. The molecule has 0 saturated heterocycles. The minimum atomic E-state index is 0.208. The van der Waals surface area contributed by atoms with E-state index in [4.69, 9.17) is 0 Å². The van der Waals surface area contributed by atoms with E-state index in [1.54, 1.807) is 0 Å². The lowest BCUT2D eigenvalue weighted by molar-refractivity contribution is 0.0880. The summed E-state index contributed by atoms with van der Waals surface area (Å²) in [4.78, 5) is 6.83. The van der Waals surface area contributed by atoms with Crippen molar-refractivity contribution in [3.05, 3.63) is 11.4 Å². The van der Waals surface area contributed by atoms with E-state index in [9.17, 15) is 0 Å². The average molecular weight is 277 g/mol. The van der Waals surface area contributed by atoms with Gasteiger partial charge in [0.15, 0.2) is 0 Å². The molecule has 0 spiro atoms. The first-order valence-corrected chi connectivity index (χ1v) is 7.52. The van der Waals surface area contributed by atoms with Crippen LogP contribution < -0.4 is 5.32 Å². The molecule has 0 aromatic carbocycles. The summed E-state index contributed by atoms with van der Waals surface area (Å²) in [6.07, 6.45) is 5.10. The van der Waals surface area contributed by atoms with Crippen molar-refractivity contribution in [2.24, 2.45) is 5.92 Å². The van der Waals surface area contributed by atoms with Crippen LogP contribution in [-0.2, 0) is 0 Å². The summed E-state index contributed by atoms with van der Waals surface area (Å²) in [5.41, 5.74) is 2.04. The molecule has 1 heterocycles. The van der Waals surface area contributed by atoms with Crippen molar-refractivity contribution in [3.8, 4) is 0 Å². The highest BCUT2D eigenvalue weighted by atomic mass is 15.3. The maximum absolute atomic E-state index is 4.46. The van der Waals surface area contributed by atoms with Gasteiger partial charge in [0.05, 0.1) is 11.4 Å². The van der Waals surface area contributed by atoms with Gasteiger partial charge in [0, 0.05) is 12.1 Å². The Morgan fingerprint density at radius 3 is 2.60 bits per heavy atom. The summed E-state index contributed by atoms with van der Waals surface area (Å²) < 4.78 is 0. The topological polar surface area (TPSA) is 53.9 Å². The van der Waals surface area contributed by atoms with E-state index in [0.717, 1.165) is 23.9 Å². The van der Waals surface area contributed by atoms with Gasteiger partial charge < -0.3 is 10.2 Å². The van der Waals surface area contributed by atoms with Crippen LogP contribution in [0.3, 0.4) is 0 Å². The molecule has 1 fully saturated rings. The summed E-state index contributed by atoms with van der Waals surface area (Å²) in [6, 6.07) is 0. The Morgan fingerprint density at radius 2 is 2.00 bits per heavy atom. The van der Waals surface area contributed by atoms with Gasteiger partial charge in [-0.1, -0.05) is 19.8 Å². The molecule has 5 nitrogen and oxygen atoms in total. The van der Waals surface area contributed by atoms with Crippen molar-refractivity contribution < 1.29 is 0 Å². The highest BCUT2D eigenvalue weighted by Gasteiger charge is 2.36. The number of hydrogen-bond acceptors (Lipinski definition) is 5. The fourth-order valence-electron chi connectivity index (χ4n) is 3.13. The molecule has 1 aromatic rings. The standard InChI is InChI=1S/C15H27N5/c1-11-7-6-8-15(9-11,20(4)5)10-16-14-17-12(2)13(3)18-19-14/h11H,6-10H2,1-5H3,(H,16,17,19). The van der Waals surface area contributed by atoms with Crippen molar-refractivity contribution in [2.75, 3.05) is 26.0 Å². The number of nitrogens with one attached hydrogen (secondary N) is 1. The summed E-state index contributed by atoms with van der Waals surface area (Å²) in [5.74, 6) is 1.43. The Hall–Kier alpha value is -1.23. The molecular weight excluding hydrogens is 250 g/mol. The molecular formula is C15H27N5. The summed E-state index contributed by atoms with van der Waals surface area (Å²) in [5, 5.41) is 11.7. The van der Waals surface area contributed by atoms with E-state index in [1.807, 2.05) is 13.8 Å². The number of aryl methyl sites for hydroxylation is 2. The second-order valence-corrected chi connectivity index (χ2v) is 6.48. The van der Waals surface area contributed by atoms with Gasteiger partial charge in [-0.3, -0.25) is 0 Å². The maximum atomic E-state index is 4.46. The molecule has 0 aliphatic heterocycles. The fourth-order valence-corrected chi connectivity index (χ4v) is 3.13. The predicted molar refractivity (Wildman–Crippen MR) is 81.8 cm³/mol. The van der Waals surface area contributed by atoms with Crippen LogP contribution in [0.25, 0.3) is 0 Å². The quantitative estimate of drug-likeness (QED) is 0.916. The number of aromatic nitrogens is 3. The smallest absolute Gasteiger partial charge is 0.243 e. The van der Waals surface area contributed by atoms with Gasteiger partial charge >= 0.3 is 0 Å². The molecule has 1 aliphatic carbocycles. The Balaban J connectivity index is 2.07. The lowest BCUT2D eigenvalue weighted by atomic mass is 9.75. The van der Waals surface area contributed by atoms with Crippen LogP contribution in [0.1, 0.15) is 44.0 Å². The van der Waals surface area contributed by atoms with Crippen molar-refractivity contribution in [2.45, 2.75) is 52.0 Å². The fraction of sp³-hybridized carbons (Fsp3) is 0.800. The molecule has 0 radical (unpaired) electrons. The minimum absolute atomic E-state index is 0.208. The van der Waals surface area contributed by atoms with E-state index in [1.165, 1.54) is 25.7 Å². The summed E-state index contributed by atoms with van der Waals surface area (Å²) >= 11 is 0. The highest BCUT2D eigenvalue weighted by Crippen LogP contribution is 2.35. The molecule has 2 atom stereocenters.